The number of aromatic amines is 2. The minimum Gasteiger partial charge on any atom is -0.305 e. The quantitative estimate of drug-likeness (QED) is 0.661. The van der Waals surface area contributed by atoms with Crippen molar-refractivity contribution in [2.75, 3.05) is 0 Å². The summed E-state index contributed by atoms with van der Waals surface area (Å²) < 4.78 is 1.46. The van der Waals surface area contributed by atoms with Crippen molar-refractivity contribution in [1.82, 2.24) is 15.0 Å². The average Bonchev–Trinajstić information content (AvgIpc) is 2.57. The van der Waals surface area contributed by atoms with Gasteiger partial charge in [0.15, 0.2) is 0 Å². The summed E-state index contributed by atoms with van der Waals surface area (Å²) in [6, 6.07) is 1.82. The van der Waals surface area contributed by atoms with Gasteiger partial charge in [-0.3, -0.25) is 14.8 Å². The zero-order valence-electron chi connectivity index (χ0n) is 8.22. The molecule has 17 heavy (non-hydrogen) atoms. The van der Waals surface area contributed by atoms with Crippen molar-refractivity contribution in [3.8, 4) is 0 Å². The minimum atomic E-state index is -0.490. The molecule has 0 aliphatic heterocycles. The second-order valence-electron chi connectivity index (χ2n) is 3.09. The monoisotopic (exact) mass is 291 g/mol. The van der Waals surface area contributed by atoms with Crippen LogP contribution in [-0.2, 0) is 0 Å². The Hall–Kier alpha value is -1.37. The van der Waals surface area contributed by atoms with Crippen molar-refractivity contribution in [2.24, 2.45) is 0 Å². The fourth-order valence-corrected chi connectivity index (χ4v) is 2.55. The van der Waals surface area contributed by atoms with E-state index < -0.39 is 5.69 Å². The number of nitrogens with zero attached hydrogens (tertiary/aromatic N) is 1. The van der Waals surface area contributed by atoms with E-state index in [4.69, 9.17) is 0 Å². The third-order valence-electron chi connectivity index (χ3n) is 2.16. The minimum absolute atomic E-state index is 0. The van der Waals surface area contributed by atoms with Crippen LogP contribution in [0.1, 0.15) is 0 Å². The topological polar surface area (TPSA) is 78.6 Å². The van der Waals surface area contributed by atoms with Gasteiger partial charge in [-0.25, -0.2) is 4.79 Å². The summed E-state index contributed by atoms with van der Waals surface area (Å²) in [6.07, 6.45) is 3.30. The molecule has 0 fully saturated rings. The van der Waals surface area contributed by atoms with Crippen LogP contribution in [0, 0.1) is 0 Å². The standard InChI is InChI=1S/C9H5N3O2S.2ClH/c13-8-7-6(11-9(14)12-8)4-3-10-2-1-5(4)15-7;;/h1-3H,(H2,11,12,13,14);2*1H. The van der Waals surface area contributed by atoms with Crippen molar-refractivity contribution in [2.45, 2.75) is 0 Å². The number of pyridine rings is 1. The highest BCUT2D eigenvalue weighted by atomic mass is 35.5. The fraction of sp³-hybridized carbons (Fsp3) is 0. The lowest BCUT2D eigenvalue weighted by Gasteiger charge is -1.88. The predicted octanol–water partition coefficient (Wildman–Crippen LogP) is 1.67. The van der Waals surface area contributed by atoms with Crippen molar-refractivity contribution in [3.05, 3.63) is 39.3 Å². The summed E-state index contributed by atoms with van der Waals surface area (Å²) in [6.45, 7) is 0. The van der Waals surface area contributed by atoms with Gasteiger partial charge in [0.25, 0.3) is 5.56 Å². The lowest BCUT2D eigenvalue weighted by atomic mass is 10.3. The van der Waals surface area contributed by atoms with Gasteiger partial charge in [-0.2, -0.15) is 0 Å². The molecular formula is C9H7Cl2N3O2S. The van der Waals surface area contributed by atoms with E-state index in [0.717, 1.165) is 10.1 Å². The number of halogens is 2. The van der Waals surface area contributed by atoms with Crippen molar-refractivity contribution < 1.29 is 0 Å². The highest BCUT2D eigenvalue weighted by molar-refractivity contribution is 7.25. The SMILES string of the molecule is Cl.Cl.O=c1[nH]c(=O)c2sc3ccncc3c2[nH]1. The number of fused-ring (bicyclic) bond motifs is 3. The lowest BCUT2D eigenvalue weighted by Crippen LogP contribution is -2.20. The summed E-state index contributed by atoms with van der Waals surface area (Å²) in [5, 5.41) is 0.806. The zero-order chi connectivity index (χ0) is 10.4. The summed E-state index contributed by atoms with van der Waals surface area (Å²) in [7, 11) is 0. The fourth-order valence-electron chi connectivity index (χ4n) is 1.53. The lowest BCUT2D eigenvalue weighted by molar-refractivity contribution is 1.09. The van der Waals surface area contributed by atoms with Gasteiger partial charge in [-0.15, -0.1) is 36.2 Å². The Morgan fingerprint density at radius 2 is 1.94 bits per heavy atom. The molecule has 90 valence electrons. The molecule has 3 heterocycles. The summed E-state index contributed by atoms with van der Waals surface area (Å²) in [5.74, 6) is 0. The number of aromatic nitrogens is 3. The van der Waals surface area contributed by atoms with E-state index in [9.17, 15) is 9.59 Å². The van der Waals surface area contributed by atoms with Gasteiger partial charge >= 0.3 is 5.69 Å². The zero-order valence-corrected chi connectivity index (χ0v) is 10.7. The van der Waals surface area contributed by atoms with Crippen molar-refractivity contribution in [3.63, 3.8) is 0 Å². The van der Waals surface area contributed by atoms with Gasteiger partial charge in [0.1, 0.15) is 4.70 Å². The molecule has 3 rings (SSSR count). The second kappa shape index (κ2) is 4.87. The van der Waals surface area contributed by atoms with Gasteiger partial charge in [-0.05, 0) is 6.07 Å². The van der Waals surface area contributed by atoms with Crippen LogP contribution in [-0.4, -0.2) is 15.0 Å². The molecule has 5 nitrogen and oxygen atoms in total. The molecule has 0 amide bonds. The second-order valence-corrected chi connectivity index (χ2v) is 4.14. The van der Waals surface area contributed by atoms with Gasteiger partial charge in [0.2, 0.25) is 0 Å². The van der Waals surface area contributed by atoms with E-state index in [1.165, 1.54) is 11.3 Å². The van der Waals surface area contributed by atoms with Crippen LogP contribution in [0.3, 0.4) is 0 Å². The number of nitrogens with one attached hydrogen (secondary N) is 2. The van der Waals surface area contributed by atoms with Gasteiger partial charge in [0.05, 0.1) is 5.52 Å². The third kappa shape index (κ3) is 2.06. The van der Waals surface area contributed by atoms with Gasteiger partial charge < -0.3 is 4.98 Å². The Labute approximate surface area is 111 Å². The van der Waals surface area contributed by atoms with E-state index in [1.54, 1.807) is 12.4 Å². The van der Waals surface area contributed by atoms with E-state index in [0.29, 0.717) is 10.2 Å². The van der Waals surface area contributed by atoms with E-state index in [-0.39, 0.29) is 30.4 Å². The number of rotatable bonds is 0. The molecule has 0 atom stereocenters. The van der Waals surface area contributed by atoms with Crippen molar-refractivity contribution in [1.29, 1.82) is 0 Å². The maximum absolute atomic E-state index is 11.5. The molecule has 3 aromatic heterocycles. The smallest absolute Gasteiger partial charge is 0.305 e. The molecule has 0 saturated heterocycles. The van der Waals surface area contributed by atoms with Crippen LogP contribution in [0.15, 0.2) is 28.0 Å². The van der Waals surface area contributed by atoms with E-state index >= 15 is 0 Å². The summed E-state index contributed by atoms with van der Waals surface area (Å²) in [5.41, 5.74) is -0.275. The molecular weight excluding hydrogens is 285 g/mol. The van der Waals surface area contributed by atoms with Gasteiger partial charge in [-0.1, -0.05) is 0 Å². The number of thiophene rings is 1. The maximum atomic E-state index is 11.5. The number of hydrogen-bond acceptors (Lipinski definition) is 4. The molecule has 0 spiro atoms. The largest absolute Gasteiger partial charge is 0.326 e. The van der Waals surface area contributed by atoms with E-state index in [2.05, 4.69) is 15.0 Å². The first-order valence-corrected chi connectivity index (χ1v) is 5.06. The van der Waals surface area contributed by atoms with Crippen LogP contribution in [0.25, 0.3) is 20.3 Å². The molecule has 2 N–H and O–H groups in total. The first kappa shape index (κ1) is 13.7. The molecule has 8 heteroatoms. The molecule has 0 aromatic carbocycles. The Morgan fingerprint density at radius 3 is 2.71 bits per heavy atom. The molecule has 3 aromatic rings. The number of hydrogen-bond donors (Lipinski definition) is 2. The van der Waals surface area contributed by atoms with Crippen LogP contribution >= 0.6 is 36.2 Å². The van der Waals surface area contributed by atoms with Crippen molar-refractivity contribution >= 4 is 56.5 Å². The normalized spacial score (nSPS) is 9.88. The Kier molecular flexibility index (Phi) is 3.92. The molecule has 0 saturated carbocycles. The first-order valence-electron chi connectivity index (χ1n) is 4.24. The van der Waals surface area contributed by atoms with Gasteiger partial charge in [0, 0.05) is 22.5 Å². The third-order valence-corrected chi connectivity index (χ3v) is 3.33. The Balaban J connectivity index is 0.000000722. The molecule has 0 radical (unpaired) electrons. The maximum Gasteiger partial charge on any atom is 0.326 e. The number of H-pyrrole nitrogens is 2. The van der Waals surface area contributed by atoms with Crippen LogP contribution in [0.5, 0.6) is 0 Å². The highest BCUT2D eigenvalue weighted by Gasteiger charge is 2.08. The summed E-state index contributed by atoms with van der Waals surface area (Å²) in [4.78, 5) is 31.4. The van der Waals surface area contributed by atoms with Crippen LogP contribution in [0.2, 0.25) is 0 Å². The molecule has 0 bridgehead atoms. The Morgan fingerprint density at radius 1 is 1.18 bits per heavy atom. The van der Waals surface area contributed by atoms with Crippen LogP contribution < -0.4 is 11.2 Å². The summed E-state index contributed by atoms with van der Waals surface area (Å²) >= 11 is 1.34. The highest BCUT2D eigenvalue weighted by Crippen LogP contribution is 2.28. The average molecular weight is 292 g/mol. The molecule has 0 unspecified atom stereocenters. The molecule has 0 aliphatic rings. The predicted molar refractivity (Wildman–Crippen MR) is 72.9 cm³/mol. The van der Waals surface area contributed by atoms with E-state index in [1.807, 2.05) is 6.07 Å². The first-order chi connectivity index (χ1) is 7.25. The Bertz CT molecular complexity index is 777. The molecule has 0 aliphatic carbocycles. The van der Waals surface area contributed by atoms with Crippen LogP contribution in [0.4, 0.5) is 0 Å².